The Morgan fingerprint density at radius 1 is 1.20 bits per heavy atom. The van der Waals surface area contributed by atoms with Crippen LogP contribution in [0, 0.1) is 0 Å². The summed E-state index contributed by atoms with van der Waals surface area (Å²) < 4.78 is 56.2. The number of primary sulfonamides is 1. The highest BCUT2D eigenvalue weighted by atomic mass is 32.2. The van der Waals surface area contributed by atoms with Crippen molar-refractivity contribution >= 4 is 42.7 Å². The van der Waals surface area contributed by atoms with Crippen LogP contribution in [0.25, 0.3) is 22.2 Å². The number of carbonyl (C=O) groups excluding carboxylic acids is 1. The van der Waals surface area contributed by atoms with Gasteiger partial charge in [-0.05, 0) is 24.6 Å². The lowest BCUT2D eigenvalue weighted by molar-refractivity contribution is 0.0588. The summed E-state index contributed by atoms with van der Waals surface area (Å²) in [5.41, 5.74) is 14.4. The van der Waals surface area contributed by atoms with E-state index in [2.05, 4.69) is 19.8 Å². The predicted octanol–water partition coefficient (Wildman–Crippen LogP) is -1.13. The molecule has 14 nitrogen and oxygen atoms in total. The van der Waals surface area contributed by atoms with Gasteiger partial charge in [0.1, 0.15) is 4.90 Å². The van der Waals surface area contributed by atoms with E-state index in [-0.39, 0.29) is 22.5 Å². The van der Waals surface area contributed by atoms with Gasteiger partial charge in [0.05, 0.1) is 28.8 Å². The third-order valence-electron chi connectivity index (χ3n) is 4.85. The zero-order valence-corrected chi connectivity index (χ0v) is 20.3. The van der Waals surface area contributed by atoms with E-state index in [1.807, 2.05) is 5.53 Å². The van der Waals surface area contributed by atoms with E-state index in [0.717, 1.165) is 6.07 Å². The number of benzene rings is 2. The van der Waals surface area contributed by atoms with Crippen LogP contribution in [0.5, 0.6) is 0 Å². The number of hydrazone groups is 1. The molecular weight excluding hydrogens is 500 g/mol. The molecule has 0 amide bonds. The largest absolute Gasteiger partial charge is 0.463 e. The molecule has 1 aromatic heterocycles. The first-order chi connectivity index (χ1) is 16.3. The Labute approximate surface area is 200 Å². The summed E-state index contributed by atoms with van der Waals surface area (Å²) in [6, 6.07) is 6.41. The van der Waals surface area contributed by atoms with Crippen molar-refractivity contribution in [3.05, 3.63) is 41.7 Å². The molecule has 0 aliphatic heterocycles. The van der Waals surface area contributed by atoms with Crippen LogP contribution in [0.15, 0.2) is 45.2 Å². The molecule has 10 N–H and O–H groups in total. The average Bonchev–Trinajstić information content (AvgIpc) is 3.20. The Morgan fingerprint density at radius 3 is 2.46 bits per heavy atom. The lowest BCUT2D eigenvalue weighted by atomic mass is 9.97. The zero-order chi connectivity index (χ0) is 26.1. The summed E-state index contributed by atoms with van der Waals surface area (Å²) in [4.78, 5) is 17.6. The standard InChI is InChI=1S/C19H24N8O6S2/c1-9(20)8-34(29,30)13-7-6-10(14(17(21)26-27-22)16(13)35(23,31)32)11-4-3-5-12-15(11)25-18(24-12)19(28)33-2/h3-7,9,27H,8,20,22H2,1-2H3,(H2,21,26)(H,24,25)(H2,23,31,32). The van der Waals surface area contributed by atoms with Crippen molar-refractivity contribution < 1.29 is 26.4 Å². The molecule has 1 heterocycles. The number of fused-ring (bicyclic) bond motifs is 1. The highest BCUT2D eigenvalue weighted by Gasteiger charge is 2.32. The van der Waals surface area contributed by atoms with Crippen molar-refractivity contribution in [1.82, 2.24) is 15.5 Å². The van der Waals surface area contributed by atoms with E-state index < -0.39 is 53.3 Å². The predicted molar refractivity (Wildman–Crippen MR) is 128 cm³/mol. The van der Waals surface area contributed by atoms with Crippen molar-refractivity contribution in [2.24, 2.45) is 27.6 Å². The van der Waals surface area contributed by atoms with E-state index in [0.29, 0.717) is 11.1 Å². The molecule has 3 rings (SSSR count). The minimum Gasteiger partial charge on any atom is -0.463 e. The van der Waals surface area contributed by atoms with Gasteiger partial charge >= 0.3 is 5.97 Å². The lowest BCUT2D eigenvalue weighted by Crippen LogP contribution is -2.31. The third-order valence-corrected chi connectivity index (χ3v) is 7.94. The van der Waals surface area contributed by atoms with Gasteiger partial charge in [0, 0.05) is 17.2 Å². The number of ether oxygens (including phenoxy) is 1. The minimum absolute atomic E-state index is 0.107. The topological polar surface area (TPSA) is 252 Å². The number of carbonyl (C=O) groups is 1. The lowest BCUT2D eigenvalue weighted by Gasteiger charge is -2.18. The van der Waals surface area contributed by atoms with Gasteiger partial charge in [0.15, 0.2) is 15.7 Å². The number of hydrogen-bond acceptors (Lipinski definition) is 11. The fourth-order valence-electron chi connectivity index (χ4n) is 3.57. The Balaban J connectivity index is 2.49. The SMILES string of the molecule is COC(=O)c1nc2c(-c3ccc(S(=O)(=O)CC(C)N)c(S(N)(=O)=O)c3/C(N)=N/NN)cccc2[nH]1. The molecule has 188 valence electrons. The molecule has 0 fully saturated rings. The maximum absolute atomic E-state index is 13.0. The molecule has 0 bridgehead atoms. The van der Waals surface area contributed by atoms with Crippen molar-refractivity contribution in [2.45, 2.75) is 22.8 Å². The Morgan fingerprint density at radius 2 is 1.89 bits per heavy atom. The molecule has 0 aliphatic carbocycles. The molecule has 0 radical (unpaired) electrons. The summed E-state index contributed by atoms with van der Waals surface area (Å²) in [6.45, 7) is 1.45. The van der Waals surface area contributed by atoms with Gasteiger partial charge in [-0.2, -0.15) is 0 Å². The van der Waals surface area contributed by atoms with Gasteiger partial charge in [0.2, 0.25) is 15.8 Å². The van der Waals surface area contributed by atoms with Gasteiger partial charge < -0.3 is 21.2 Å². The monoisotopic (exact) mass is 524 g/mol. The normalized spacial score (nSPS) is 13.6. The number of nitrogens with zero attached hydrogens (tertiary/aromatic N) is 2. The quantitative estimate of drug-likeness (QED) is 0.0675. The van der Waals surface area contributed by atoms with Crippen LogP contribution in [0.1, 0.15) is 23.1 Å². The Hall–Kier alpha value is -3.57. The molecule has 0 saturated carbocycles. The van der Waals surface area contributed by atoms with E-state index in [1.54, 1.807) is 18.2 Å². The van der Waals surface area contributed by atoms with E-state index in [1.165, 1.54) is 20.1 Å². The number of methoxy groups -OCH3 is 1. The molecule has 3 aromatic rings. The number of hydrogen-bond donors (Lipinski definition) is 6. The zero-order valence-electron chi connectivity index (χ0n) is 18.6. The number of amidine groups is 1. The number of aromatic amines is 1. The molecule has 2 aromatic carbocycles. The summed E-state index contributed by atoms with van der Waals surface area (Å²) in [6.07, 6.45) is 0. The summed E-state index contributed by atoms with van der Waals surface area (Å²) in [7, 11) is -7.73. The van der Waals surface area contributed by atoms with Gasteiger partial charge in [-0.3, -0.25) is 0 Å². The van der Waals surface area contributed by atoms with Crippen LogP contribution >= 0.6 is 0 Å². The van der Waals surface area contributed by atoms with Gasteiger partial charge in [-0.25, -0.2) is 43.1 Å². The molecule has 1 unspecified atom stereocenters. The summed E-state index contributed by atoms with van der Waals surface area (Å²) in [5.74, 6) is 3.38. The van der Waals surface area contributed by atoms with Crippen molar-refractivity contribution in [3.63, 3.8) is 0 Å². The fourth-order valence-corrected chi connectivity index (χ4v) is 6.68. The van der Waals surface area contributed by atoms with Crippen LogP contribution in [-0.4, -0.2) is 57.5 Å². The summed E-state index contributed by atoms with van der Waals surface area (Å²) in [5, 5.41) is 9.12. The first kappa shape index (κ1) is 26.0. The first-order valence-corrected chi connectivity index (χ1v) is 13.1. The second-order valence-corrected chi connectivity index (χ2v) is 11.0. The van der Waals surface area contributed by atoms with Crippen LogP contribution < -0.4 is 28.0 Å². The minimum atomic E-state index is -4.69. The van der Waals surface area contributed by atoms with Crippen molar-refractivity contribution in [3.8, 4) is 11.1 Å². The summed E-state index contributed by atoms with van der Waals surface area (Å²) >= 11 is 0. The number of imidazole rings is 1. The number of esters is 1. The number of H-pyrrole nitrogens is 1. The molecule has 0 aliphatic rings. The number of para-hydroxylation sites is 1. The van der Waals surface area contributed by atoms with Crippen LogP contribution in [0.2, 0.25) is 0 Å². The van der Waals surface area contributed by atoms with E-state index in [4.69, 9.17) is 22.4 Å². The maximum Gasteiger partial charge on any atom is 0.374 e. The van der Waals surface area contributed by atoms with E-state index in [9.17, 15) is 21.6 Å². The maximum atomic E-state index is 13.0. The highest BCUT2D eigenvalue weighted by Crippen LogP contribution is 2.36. The number of nitrogens with one attached hydrogen (secondary N) is 2. The van der Waals surface area contributed by atoms with Gasteiger partial charge in [-0.15, -0.1) is 5.10 Å². The van der Waals surface area contributed by atoms with Gasteiger partial charge in [0.25, 0.3) is 0 Å². The fraction of sp³-hybridized carbons (Fsp3) is 0.211. The number of sulfone groups is 1. The van der Waals surface area contributed by atoms with Crippen LogP contribution in [0.4, 0.5) is 0 Å². The second-order valence-electron chi connectivity index (χ2n) is 7.52. The molecule has 1 atom stereocenters. The molecular formula is C19H24N8O6S2. The average molecular weight is 525 g/mol. The molecule has 35 heavy (non-hydrogen) atoms. The highest BCUT2D eigenvalue weighted by molar-refractivity contribution is 7.93. The number of nitrogens with two attached hydrogens (primary N) is 4. The van der Waals surface area contributed by atoms with Crippen molar-refractivity contribution in [2.75, 3.05) is 12.9 Å². The molecule has 0 saturated heterocycles. The van der Waals surface area contributed by atoms with Crippen molar-refractivity contribution in [1.29, 1.82) is 0 Å². The van der Waals surface area contributed by atoms with Crippen LogP contribution in [-0.2, 0) is 24.6 Å². The second kappa shape index (κ2) is 9.59. The van der Waals surface area contributed by atoms with Gasteiger partial charge in [-0.1, -0.05) is 18.2 Å². The number of aromatic nitrogens is 2. The Bertz CT molecular complexity index is 1540. The number of rotatable bonds is 8. The molecule has 16 heteroatoms. The van der Waals surface area contributed by atoms with E-state index >= 15 is 0 Å². The molecule has 0 spiro atoms. The van der Waals surface area contributed by atoms with Crippen LogP contribution in [0.3, 0.4) is 0 Å². The number of hydrazine groups is 1. The third kappa shape index (κ3) is 5.10. The number of sulfonamides is 1. The first-order valence-electron chi connectivity index (χ1n) is 9.86. The Kier molecular flexibility index (Phi) is 7.13. The smallest absolute Gasteiger partial charge is 0.374 e.